The number of rotatable bonds is 3. The molecule has 2 unspecified atom stereocenters. The molecule has 0 aromatic heterocycles. The SMILES string of the molecule is COC(=O)CC(C)C1CCO1. The van der Waals surface area contributed by atoms with Crippen LogP contribution in [0.2, 0.25) is 0 Å². The maximum absolute atomic E-state index is 10.8. The zero-order valence-corrected chi connectivity index (χ0v) is 7.00. The zero-order chi connectivity index (χ0) is 8.27. The van der Waals surface area contributed by atoms with Crippen molar-refractivity contribution in [1.82, 2.24) is 0 Å². The van der Waals surface area contributed by atoms with E-state index in [4.69, 9.17) is 4.74 Å². The van der Waals surface area contributed by atoms with Gasteiger partial charge in [0.1, 0.15) is 0 Å². The van der Waals surface area contributed by atoms with Gasteiger partial charge < -0.3 is 9.47 Å². The van der Waals surface area contributed by atoms with Crippen molar-refractivity contribution in [2.24, 2.45) is 5.92 Å². The first-order valence-electron chi connectivity index (χ1n) is 3.92. The average molecular weight is 158 g/mol. The van der Waals surface area contributed by atoms with Gasteiger partial charge in [0, 0.05) is 6.61 Å². The van der Waals surface area contributed by atoms with Gasteiger partial charge in [0.2, 0.25) is 0 Å². The molecular weight excluding hydrogens is 144 g/mol. The number of ether oxygens (including phenoxy) is 2. The Morgan fingerprint density at radius 3 is 2.82 bits per heavy atom. The third kappa shape index (κ3) is 2.19. The van der Waals surface area contributed by atoms with Crippen LogP contribution in [0, 0.1) is 5.92 Å². The molecule has 1 aliphatic heterocycles. The highest BCUT2D eigenvalue weighted by molar-refractivity contribution is 5.69. The Kier molecular flexibility index (Phi) is 2.88. The molecule has 64 valence electrons. The summed E-state index contributed by atoms with van der Waals surface area (Å²) in [6.07, 6.45) is 1.84. The minimum atomic E-state index is -0.145. The number of hydrogen-bond donors (Lipinski definition) is 0. The third-order valence-corrected chi connectivity index (χ3v) is 2.09. The Labute approximate surface area is 66.7 Å². The largest absolute Gasteiger partial charge is 0.469 e. The molecular formula is C8H14O3. The number of methoxy groups -OCH3 is 1. The summed E-state index contributed by atoms with van der Waals surface area (Å²) in [6.45, 7) is 2.86. The standard InChI is InChI=1S/C8H14O3/c1-6(5-8(9)10-2)7-3-4-11-7/h6-7H,3-5H2,1-2H3. The van der Waals surface area contributed by atoms with Gasteiger partial charge in [-0.2, -0.15) is 0 Å². The summed E-state index contributed by atoms with van der Waals surface area (Å²) in [4.78, 5) is 10.8. The molecule has 0 aromatic carbocycles. The highest BCUT2D eigenvalue weighted by Gasteiger charge is 2.26. The van der Waals surface area contributed by atoms with Crippen molar-refractivity contribution in [1.29, 1.82) is 0 Å². The number of hydrogen-bond acceptors (Lipinski definition) is 3. The van der Waals surface area contributed by atoms with Crippen molar-refractivity contribution >= 4 is 5.97 Å². The molecule has 1 aliphatic rings. The zero-order valence-electron chi connectivity index (χ0n) is 7.00. The molecule has 0 bridgehead atoms. The Morgan fingerprint density at radius 2 is 2.45 bits per heavy atom. The van der Waals surface area contributed by atoms with Gasteiger partial charge in [0.15, 0.2) is 0 Å². The van der Waals surface area contributed by atoms with Crippen LogP contribution in [0.4, 0.5) is 0 Å². The van der Waals surface area contributed by atoms with Crippen molar-refractivity contribution in [3.05, 3.63) is 0 Å². The van der Waals surface area contributed by atoms with E-state index in [0.29, 0.717) is 12.3 Å². The van der Waals surface area contributed by atoms with E-state index >= 15 is 0 Å². The molecule has 1 fully saturated rings. The first kappa shape index (κ1) is 8.53. The van der Waals surface area contributed by atoms with Gasteiger partial charge in [-0.05, 0) is 12.3 Å². The monoisotopic (exact) mass is 158 g/mol. The molecule has 3 heteroatoms. The highest BCUT2D eigenvalue weighted by Crippen LogP contribution is 2.22. The molecule has 0 spiro atoms. The summed E-state index contributed by atoms with van der Waals surface area (Å²) in [5, 5.41) is 0. The van der Waals surface area contributed by atoms with Crippen LogP contribution in [-0.2, 0) is 14.3 Å². The maximum Gasteiger partial charge on any atom is 0.305 e. The van der Waals surface area contributed by atoms with Crippen LogP contribution < -0.4 is 0 Å². The van der Waals surface area contributed by atoms with Gasteiger partial charge in [-0.1, -0.05) is 6.92 Å². The van der Waals surface area contributed by atoms with Crippen LogP contribution in [-0.4, -0.2) is 25.8 Å². The number of carbonyl (C=O) groups is 1. The minimum Gasteiger partial charge on any atom is -0.469 e. The van der Waals surface area contributed by atoms with E-state index in [1.54, 1.807) is 0 Å². The van der Waals surface area contributed by atoms with Crippen LogP contribution in [0.15, 0.2) is 0 Å². The van der Waals surface area contributed by atoms with Crippen LogP contribution in [0.25, 0.3) is 0 Å². The molecule has 3 nitrogen and oxygen atoms in total. The smallest absolute Gasteiger partial charge is 0.305 e. The Hall–Kier alpha value is -0.570. The predicted molar refractivity (Wildman–Crippen MR) is 40.2 cm³/mol. The lowest BCUT2D eigenvalue weighted by atomic mass is 9.95. The molecule has 0 radical (unpaired) electrons. The van der Waals surface area contributed by atoms with Gasteiger partial charge in [-0.3, -0.25) is 4.79 Å². The fourth-order valence-corrected chi connectivity index (χ4v) is 1.18. The van der Waals surface area contributed by atoms with Crippen molar-refractivity contribution in [2.75, 3.05) is 13.7 Å². The van der Waals surface area contributed by atoms with E-state index in [2.05, 4.69) is 4.74 Å². The Balaban J connectivity index is 2.19. The molecule has 0 N–H and O–H groups in total. The number of esters is 1. The molecule has 0 aliphatic carbocycles. The summed E-state index contributed by atoms with van der Waals surface area (Å²) >= 11 is 0. The lowest BCUT2D eigenvalue weighted by molar-refractivity contribution is -0.145. The van der Waals surface area contributed by atoms with Crippen molar-refractivity contribution in [2.45, 2.75) is 25.9 Å². The number of carbonyl (C=O) groups excluding carboxylic acids is 1. The second-order valence-electron chi connectivity index (χ2n) is 2.96. The van der Waals surface area contributed by atoms with Crippen LogP contribution in [0.5, 0.6) is 0 Å². The minimum absolute atomic E-state index is 0.145. The second kappa shape index (κ2) is 3.72. The highest BCUT2D eigenvalue weighted by atomic mass is 16.5. The van der Waals surface area contributed by atoms with Crippen molar-refractivity contribution in [3.63, 3.8) is 0 Å². The van der Waals surface area contributed by atoms with E-state index in [-0.39, 0.29) is 12.1 Å². The normalized spacial score (nSPS) is 25.5. The van der Waals surface area contributed by atoms with Crippen molar-refractivity contribution < 1.29 is 14.3 Å². The van der Waals surface area contributed by atoms with E-state index < -0.39 is 0 Å². The second-order valence-corrected chi connectivity index (χ2v) is 2.96. The first-order valence-corrected chi connectivity index (χ1v) is 3.92. The molecule has 1 rings (SSSR count). The van der Waals surface area contributed by atoms with Gasteiger partial charge in [-0.15, -0.1) is 0 Å². The molecule has 0 aromatic rings. The molecule has 1 heterocycles. The fourth-order valence-electron chi connectivity index (χ4n) is 1.18. The molecule has 2 atom stereocenters. The van der Waals surface area contributed by atoms with Gasteiger partial charge in [0.25, 0.3) is 0 Å². The maximum atomic E-state index is 10.8. The summed E-state index contributed by atoms with van der Waals surface area (Å²) in [7, 11) is 1.41. The predicted octanol–water partition coefficient (Wildman–Crippen LogP) is 0.974. The fraction of sp³-hybridized carbons (Fsp3) is 0.875. The molecule has 0 amide bonds. The summed E-state index contributed by atoms with van der Waals surface area (Å²) in [5.41, 5.74) is 0. The summed E-state index contributed by atoms with van der Waals surface area (Å²) in [6, 6.07) is 0. The van der Waals surface area contributed by atoms with Crippen LogP contribution in [0.1, 0.15) is 19.8 Å². The molecule has 11 heavy (non-hydrogen) atoms. The van der Waals surface area contributed by atoms with Crippen molar-refractivity contribution in [3.8, 4) is 0 Å². The van der Waals surface area contributed by atoms with E-state index in [9.17, 15) is 4.79 Å². The first-order chi connectivity index (χ1) is 5.24. The summed E-state index contributed by atoms with van der Waals surface area (Å²) in [5.74, 6) is 0.157. The van der Waals surface area contributed by atoms with E-state index in [1.165, 1.54) is 7.11 Å². The van der Waals surface area contributed by atoms with Crippen LogP contribution >= 0.6 is 0 Å². The molecule has 0 saturated carbocycles. The average Bonchev–Trinajstić information content (AvgIpc) is 1.83. The molecule has 1 saturated heterocycles. The third-order valence-electron chi connectivity index (χ3n) is 2.09. The topological polar surface area (TPSA) is 35.5 Å². The Morgan fingerprint density at radius 1 is 1.82 bits per heavy atom. The lowest BCUT2D eigenvalue weighted by Crippen LogP contribution is -2.34. The Bertz CT molecular complexity index is 140. The van der Waals surface area contributed by atoms with Gasteiger partial charge in [0.05, 0.1) is 19.6 Å². The lowest BCUT2D eigenvalue weighted by Gasteiger charge is -2.31. The quantitative estimate of drug-likeness (QED) is 0.574. The van der Waals surface area contributed by atoms with E-state index in [1.807, 2.05) is 6.92 Å². The van der Waals surface area contributed by atoms with E-state index in [0.717, 1.165) is 13.0 Å². The summed E-state index contributed by atoms with van der Waals surface area (Å²) < 4.78 is 9.78. The van der Waals surface area contributed by atoms with Gasteiger partial charge >= 0.3 is 5.97 Å². The van der Waals surface area contributed by atoms with Crippen LogP contribution in [0.3, 0.4) is 0 Å². The van der Waals surface area contributed by atoms with Gasteiger partial charge in [-0.25, -0.2) is 0 Å².